The predicted molar refractivity (Wildman–Crippen MR) is 62.3 cm³/mol. The van der Waals surface area contributed by atoms with Crippen LogP contribution < -0.4 is 5.32 Å². The summed E-state index contributed by atoms with van der Waals surface area (Å²) in [4.78, 5) is 4.45. The van der Waals surface area contributed by atoms with Gasteiger partial charge in [-0.1, -0.05) is 6.92 Å². The average Bonchev–Trinajstić information content (AvgIpc) is 2.58. The molecule has 1 aromatic heterocycles. The molecule has 0 bridgehead atoms. The molecular weight excluding hydrogens is 216 g/mol. The van der Waals surface area contributed by atoms with Gasteiger partial charge in [-0.05, 0) is 25.2 Å². The van der Waals surface area contributed by atoms with Crippen LogP contribution in [0.1, 0.15) is 25.5 Å². The van der Waals surface area contributed by atoms with Crippen molar-refractivity contribution in [2.45, 2.75) is 31.6 Å². The van der Waals surface area contributed by atoms with E-state index in [0.717, 1.165) is 36.9 Å². The highest BCUT2D eigenvalue weighted by atomic mass is 35.5. The van der Waals surface area contributed by atoms with E-state index in [1.54, 1.807) is 11.3 Å². The van der Waals surface area contributed by atoms with E-state index in [4.69, 9.17) is 11.6 Å². The zero-order chi connectivity index (χ0) is 9.97. The molecule has 1 aliphatic rings. The van der Waals surface area contributed by atoms with Gasteiger partial charge in [-0.3, -0.25) is 0 Å². The number of aromatic nitrogens is 1. The quantitative estimate of drug-likeness (QED) is 0.804. The Kier molecular flexibility index (Phi) is 3.29. The smallest absolute Gasteiger partial charge is 0.182 e. The topological polar surface area (TPSA) is 24.9 Å². The van der Waals surface area contributed by atoms with Gasteiger partial charge in [0.15, 0.2) is 5.13 Å². The monoisotopic (exact) mass is 230 g/mol. The molecule has 1 fully saturated rings. The zero-order valence-corrected chi connectivity index (χ0v) is 9.87. The fourth-order valence-corrected chi connectivity index (χ4v) is 2.91. The minimum Gasteiger partial charge on any atom is -0.361 e. The van der Waals surface area contributed by atoms with Gasteiger partial charge in [0.25, 0.3) is 0 Å². The van der Waals surface area contributed by atoms with Crippen molar-refractivity contribution in [3.8, 4) is 0 Å². The van der Waals surface area contributed by atoms with Crippen molar-refractivity contribution < 1.29 is 0 Å². The van der Waals surface area contributed by atoms with Crippen LogP contribution in [0.4, 0.5) is 5.13 Å². The lowest BCUT2D eigenvalue weighted by molar-refractivity contribution is 0.341. The summed E-state index contributed by atoms with van der Waals surface area (Å²) in [5.41, 5.74) is 1.18. The first-order valence-electron chi connectivity index (χ1n) is 5.10. The molecule has 0 aliphatic heterocycles. The Morgan fingerprint density at radius 1 is 1.64 bits per heavy atom. The summed E-state index contributed by atoms with van der Waals surface area (Å²) in [6, 6.07) is 0. The minimum atomic E-state index is 0.421. The maximum absolute atomic E-state index is 5.91. The molecule has 4 heteroatoms. The molecule has 0 atom stereocenters. The highest BCUT2D eigenvalue weighted by Gasteiger charge is 2.26. The van der Waals surface area contributed by atoms with Gasteiger partial charge in [0.2, 0.25) is 0 Å². The summed E-state index contributed by atoms with van der Waals surface area (Å²) >= 11 is 7.61. The molecule has 2 rings (SSSR count). The number of hydrogen-bond acceptors (Lipinski definition) is 3. The number of thiazole rings is 1. The third-order valence-corrected chi connectivity index (χ3v) is 3.84. The van der Waals surface area contributed by atoms with Crippen LogP contribution in [0.2, 0.25) is 0 Å². The Bertz CT molecular complexity index is 294. The number of rotatable bonds is 4. The van der Waals surface area contributed by atoms with Crippen molar-refractivity contribution in [2.75, 3.05) is 11.9 Å². The number of nitrogens with zero attached hydrogens (tertiary/aromatic N) is 1. The zero-order valence-electron chi connectivity index (χ0n) is 8.29. The van der Waals surface area contributed by atoms with E-state index in [-0.39, 0.29) is 0 Å². The third kappa shape index (κ3) is 2.39. The van der Waals surface area contributed by atoms with Crippen LogP contribution in [-0.4, -0.2) is 16.9 Å². The maximum Gasteiger partial charge on any atom is 0.182 e. The largest absolute Gasteiger partial charge is 0.361 e. The number of nitrogens with one attached hydrogen (secondary N) is 1. The SMILES string of the molecule is CCc1csc(NCC2CC(Cl)C2)n1. The second kappa shape index (κ2) is 4.49. The van der Waals surface area contributed by atoms with Crippen LogP contribution in [0.3, 0.4) is 0 Å². The molecule has 0 spiro atoms. The van der Waals surface area contributed by atoms with E-state index < -0.39 is 0 Å². The van der Waals surface area contributed by atoms with E-state index in [9.17, 15) is 0 Å². The lowest BCUT2D eigenvalue weighted by Gasteiger charge is -2.30. The molecule has 1 aliphatic carbocycles. The molecule has 0 aromatic carbocycles. The molecule has 0 unspecified atom stereocenters. The van der Waals surface area contributed by atoms with Crippen LogP contribution in [0.25, 0.3) is 0 Å². The molecule has 0 radical (unpaired) electrons. The number of hydrogen-bond donors (Lipinski definition) is 1. The third-order valence-electron chi connectivity index (χ3n) is 2.63. The molecule has 0 amide bonds. The Morgan fingerprint density at radius 2 is 2.43 bits per heavy atom. The van der Waals surface area contributed by atoms with E-state index in [2.05, 4.69) is 22.6 Å². The van der Waals surface area contributed by atoms with Crippen LogP contribution >= 0.6 is 22.9 Å². The Balaban J connectivity index is 1.75. The van der Waals surface area contributed by atoms with Gasteiger partial charge in [0.05, 0.1) is 5.69 Å². The molecular formula is C10H15ClN2S. The first-order valence-corrected chi connectivity index (χ1v) is 6.42. The summed E-state index contributed by atoms with van der Waals surface area (Å²) in [6.45, 7) is 3.16. The molecule has 1 heterocycles. The number of alkyl halides is 1. The van der Waals surface area contributed by atoms with E-state index >= 15 is 0 Å². The van der Waals surface area contributed by atoms with Gasteiger partial charge in [-0.25, -0.2) is 4.98 Å². The summed E-state index contributed by atoms with van der Waals surface area (Å²) in [6.07, 6.45) is 3.33. The first kappa shape index (κ1) is 10.2. The molecule has 78 valence electrons. The summed E-state index contributed by atoms with van der Waals surface area (Å²) in [7, 11) is 0. The Morgan fingerprint density at radius 3 is 3.00 bits per heavy atom. The highest BCUT2D eigenvalue weighted by Crippen LogP contribution is 2.32. The van der Waals surface area contributed by atoms with Crippen LogP contribution in [-0.2, 0) is 6.42 Å². The standard InChI is InChI=1S/C10H15ClN2S/c1-2-9-6-14-10(13-9)12-5-7-3-8(11)4-7/h6-8H,2-5H2,1H3,(H,12,13). The lowest BCUT2D eigenvalue weighted by Crippen LogP contribution is -2.29. The van der Waals surface area contributed by atoms with Gasteiger partial charge in [0, 0.05) is 17.3 Å². The normalized spacial score (nSPS) is 25.9. The maximum atomic E-state index is 5.91. The minimum absolute atomic E-state index is 0.421. The Labute approximate surface area is 93.7 Å². The average molecular weight is 231 g/mol. The molecule has 1 saturated carbocycles. The molecule has 14 heavy (non-hydrogen) atoms. The summed E-state index contributed by atoms with van der Waals surface area (Å²) < 4.78 is 0. The number of aryl methyl sites for hydroxylation is 1. The van der Waals surface area contributed by atoms with Crippen molar-refractivity contribution in [1.82, 2.24) is 4.98 Å². The van der Waals surface area contributed by atoms with Crippen molar-refractivity contribution in [3.05, 3.63) is 11.1 Å². The van der Waals surface area contributed by atoms with Gasteiger partial charge < -0.3 is 5.32 Å². The highest BCUT2D eigenvalue weighted by molar-refractivity contribution is 7.13. The molecule has 1 aromatic rings. The van der Waals surface area contributed by atoms with Gasteiger partial charge >= 0.3 is 0 Å². The van der Waals surface area contributed by atoms with Crippen LogP contribution in [0, 0.1) is 5.92 Å². The van der Waals surface area contributed by atoms with Gasteiger partial charge in [0.1, 0.15) is 0 Å². The Hall–Kier alpha value is -0.280. The fourth-order valence-electron chi connectivity index (χ4n) is 1.60. The lowest BCUT2D eigenvalue weighted by atomic mass is 9.85. The van der Waals surface area contributed by atoms with Crippen molar-refractivity contribution >= 4 is 28.1 Å². The fraction of sp³-hybridized carbons (Fsp3) is 0.700. The number of halogens is 1. The first-order chi connectivity index (χ1) is 6.78. The second-order valence-electron chi connectivity index (χ2n) is 3.81. The second-order valence-corrected chi connectivity index (χ2v) is 5.29. The molecule has 1 N–H and O–H groups in total. The van der Waals surface area contributed by atoms with Crippen LogP contribution in [0.5, 0.6) is 0 Å². The van der Waals surface area contributed by atoms with Crippen molar-refractivity contribution in [1.29, 1.82) is 0 Å². The van der Waals surface area contributed by atoms with Gasteiger partial charge in [-0.15, -0.1) is 22.9 Å². The summed E-state index contributed by atoms with van der Waals surface area (Å²) in [5.74, 6) is 0.756. The van der Waals surface area contributed by atoms with Crippen molar-refractivity contribution in [2.24, 2.45) is 5.92 Å². The van der Waals surface area contributed by atoms with E-state index in [0.29, 0.717) is 5.38 Å². The van der Waals surface area contributed by atoms with Crippen molar-refractivity contribution in [3.63, 3.8) is 0 Å². The summed E-state index contributed by atoms with van der Waals surface area (Å²) in [5, 5.41) is 6.97. The van der Waals surface area contributed by atoms with Crippen LogP contribution in [0.15, 0.2) is 5.38 Å². The predicted octanol–water partition coefficient (Wildman–Crippen LogP) is 3.13. The number of anilines is 1. The van der Waals surface area contributed by atoms with Gasteiger partial charge in [-0.2, -0.15) is 0 Å². The van der Waals surface area contributed by atoms with E-state index in [1.807, 2.05) is 0 Å². The molecule has 2 nitrogen and oxygen atoms in total. The molecule has 0 saturated heterocycles. The van der Waals surface area contributed by atoms with E-state index in [1.165, 1.54) is 5.69 Å².